The van der Waals surface area contributed by atoms with E-state index < -0.39 is 10.0 Å². The minimum absolute atomic E-state index is 0.0870. The van der Waals surface area contributed by atoms with E-state index in [2.05, 4.69) is 4.72 Å². The molecule has 1 rings (SSSR count). The van der Waals surface area contributed by atoms with Crippen LogP contribution in [0.5, 0.6) is 0 Å². The fraction of sp³-hybridized carbons (Fsp3) is 0.538. The monoisotopic (exact) mass is 318 g/mol. The van der Waals surface area contributed by atoms with E-state index in [-0.39, 0.29) is 11.9 Å². The molecule has 0 fully saturated rings. The first-order valence-corrected chi connectivity index (χ1v) is 9.10. The summed E-state index contributed by atoms with van der Waals surface area (Å²) in [7, 11) is -3.23. The highest BCUT2D eigenvalue weighted by atomic mass is 32.2. The van der Waals surface area contributed by atoms with Gasteiger partial charge < -0.3 is 10.5 Å². The van der Waals surface area contributed by atoms with E-state index in [9.17, 15) is 8.42 Å². The molecule has 3 N–H and O–H groups in total. The van der Waals surface area contributed by atoms with Crippen molar-refractivity contribution in [3.05, 3.63) is 24.3 Å². The van der Waals surface area contributed by atoms with Crippen LogP contribution in [0, 0.1) is 0 Å². The van der Waals surface area contributed by atoms with Gasteiger partial charge in [-0.2, -0.15) is 0 Å². The first kappa shape index (κ1) is 17.3. The first-order valence-electron chi connectivity index (χ1n) is 6.46. The first-order chi connectivity index (χ1) is 9.39. The normalized spacial score (nSPS) is 11.9. The zero-order chi connectivity index (χ0) is 15.0. The number of rotatable bonds is 9. The van der Waals surface area contributed by atoms with Crippen LogP contribution < -0.4 is 10.5 Å². The van der Waals surface area contributed by atoms with Crippen LogP contribution >= 0.6 is 11.8 Å². The summed E-state index contributed by atoms with van der Waals surface area (Å²) in [5.41, 5.74) is 6.29. The van der Waals surface area contributed by atoms with E-state index >= 15 is 0 Å². The molecule has 0 unspecified atom stereocenters. The lowest BCUT2D eigenvalue weighted by Crippen LogP contribution is -2.31. The molecule has 0 aliphatic carbocycles. The number of nitrogen functional groups attached to an aromatic ring is 1. The van der Waals surface area contributed by atoms with Gasteiger partial charge in [0.25, 0.3) is 0 Å². The Morgan fingerprint density at radius 2 is 1.95 bits per heavy atom. The van der Waals surface area contributed by atoms with Crippen molar-refractivity contribution in [1.29, 1.82) is 0 Å². The van der Waals surface area contributed by atoms with Gasteiger partial charge >= 0.3 is 0 Å². The lowest BCUT2D eigenvalue weighted by molar-refractivity contribution is 0.0834. The molecule has 0 heterocycles. The fourth-order valence-corrected chi connectivity index (χ4v) is 3.71. The van der Waals surface area contributed by atoms with Gasteiger partial charge in [-0.3, -0.25) is 0 Å². The highest BCUT2D eigenvalue weighted by Crippen LogP contribution is 2.19. The van der Waals surface area contributed by atoms with Crippen LogP contribution in [0.15, 0.2) is 29.2 Å². The average molecular weight is 318 g/mol. The van der Waals surface area contributed by atoms with Gasteiger partial charge in [0.15, 0.2) is 0 Å². The van der Waals surface area contributed by atoms with Crippen molar-refractivity contribution in [2.75, 3.05) is 30.4 Å². The van der Waals surface area contributed by atoms with Crippen molar-refractivity contribution in [3.8, 4) is 0 Å². The van der Waals surface area contributed by atoms with Crippen molar-refractivity contribution in [2.45, 2.75) is 24.8 Å². The summed E-state index contributed by atoms with van der Waals surface area (Å²) in [6.07, 6.45) is 0.112. The molecular formula is C13H22N2O3S2. The molecule has 5 nitrogen and oxygen atoms in total. The number of thioether (sulfide) groups is 1. The van der Waals surface area contributed by atoms with Crippen LogP contribution in [0.4, 0.5) is 5.69 Å². The summed E-state index contributed by atoms with van der Waals surface area (Å²) < 4.78 is 31.2. The molecule has 0 spiro atoms. The Hall–Kier alpha value is -0.760. The molecule has 0 radical (unpaired) electrons. The van der Waals surface area contributed by atoms with Gasteiger partial charge in [-0.05, 0) is 38.1 Å². The molecule has 0 atom stereocenters. The molecule has 0 saturated heterocycles. The number of ether oxygens (including phenoxy) is 1. The second-order valence-electron chi connectivity index (χ2n) is 4.55. The van der Waals surface area contributed by atoms with Gasteiger partial charge in [0, 0.05) is 22.9 Å². The minimum atomic E-state index is -3.23. The van der Waals surface area contributed by atoms with E-state index in [4.69, 9.17) is 10.5 Å². The summed E-state index contributed by atoms with van der Waals surface area (Å²) >= 11 is 1.49. The minimum Gasteiger partial charge on any atom is -0.399 e. The molecule has 7 heteroatoms. The summed E-state index contributed by atoms with van der Waals surface area (Å²) in [4.78, 5) is 1.01. The zero-order valence-electron chi connectivity index (χ0n) is 11.8. The number of nitrogens with one attached hydrogen (secondary N) is 1. The third kappa shape index (κ3) is 7.74. The Balaban J connectivity index is 2.24. The van der Waals surface area contributed by atoms with E-state index in [0.717, 1.165) is 4.90 Å². The Morgan fingerprint density at radius 1 is 1.30 bits per heavy atom. The third-order valence-corrected chi connectivity index (χ3v) is 5.03. The molecule has 0 aromatic heterocycles. The van der Waals surface area contributed by atoms with Crippen molar-refractivity contribution in [1.82, 2.24) is 4.72 Å². The van der Waals surface area contributed by atoms with Crippen molar-refractivity contribution < 1.29 is 13.2 Å². The Kier molecular flexibility index (Phi) is 7.36. The lowest BCUT2D eigenvalue weighted by Gasteiger charge is -2.09. The maximum Gasteiger partial charge on any atom is 0.212 e. The maximum atomic E-state index is 11.7. The van der Waals surface area contributed by atoms with E-state index in [1.54, 1.807) is 12.1 Å². The predicted octanol–water partition coefficient (Wildman–Crippen LogP) is 1.71. The quantitative estimate of drug-likeness (QED) is 0.411. The van der Waals surface area contributed by atoms with Crippen LogP contribution in [-0.4, -0.2) is 39.2 Å². The second kappa shape index (κ2) is 8.51. The Morgan fingerprint density at radius 3 is 2.55 bits per heavy atom. The van der Waals surface area contributed by atoms with Crippen LogP contribution in [-0.2, 0) is 14.8 Å². The summed E-state index contributed by atoms with van der Waals surface area (Å²) in [5.74, 6) is 0.591. The van der Waals surface area contributed by atoms with Gasteiger partial charge in [0.05, 0.1) is 18.5 Å². The number of sulfonamides is 1. The second-order valence-corrected chi connectivity index (χ2v) is 7.64. The Labute approximate surface area is 125 Å². The smallest absolute Gasteiger partial charge is 0.212 e. The number of benzene rings is 1. The van der Waals surface area contributed by atoms with Gasteiger partial charge in [-0.25, -0.2) is 13.1 Å². The topological polar surface area (TPSA) is 81.4 Å². The lowest BCUT2D eigenvalue weighted by atomic mass is 10.3. The van der Waals surface area contributed by atoms with E-state index in [0.29, 0.717) is 24.6 Å². The molecule has 0 aliphatic rings. The van der Waals surface area contributed by atoms with Gasteiger partial charge in [0.1, 0.15) is 0 Å². The van der Waals surface area contributed by atoms with E-state index in [1.165, 1.54) is 11.8 Å². The zero-order valence-corrected chi connectivity index (χ0v) is 13.5. The summed E-state index contributed by atoms with van der Waals surface area (Å²) in [6, 6.07) is 7.38. The summed E-state index contributed by atoms with van der Waals surface area (Å²) in [6.45, 7) is 4.53. The number of hydrogen-bond donors (Lipinski definition) is 2. The predicted molar refractivity (Wildman–Crippen MR) is 84.5 cm³/mol. The molecule has 0 bridgehead atoms. The molecule has 0 saturated carbocycles. The fourth-order valence-electron chi connectivity index (χ4n) is 1.40. The van der Waals surface area contributed by atoms with Crippen molar-refractivity contribution in [2.24, 2.45) is 0 Å². The van der Waals surface area contributed by atoms with Gasteiger partial charge in [-0.15, -0.1) is 11.8 Å². The molecule has 1 aromatic carbocycles. The standard InChI is InChI=1S/C13H22N2O3S2/c1-11(2)18-8-7-15-20(16,17)10-9-19-13-5-3-12(14)4-6-13/h3-6,11,15H,7-10,14H2,1-2H3. The highest BCUT2D eigenvalue weighted by molar-refractivity contribution is 8.00. The van der Waals surface area contributed by atoms with Gasteiger partial charge in [-0.1, -0.05) is 0 Å². The molecule has 114 valence electrons. The number of nitrogens with two attached hydrogens (primary N) is 1. The van der Waals surface area contributed by atoms with Crippen molar-refractivity contribution >= 4 is 27.5 Å². The van der Waals surface area contributed by atoms with Crippen molar-refractivity contribution in [3.63, 3.8) is 0 Å². The molecule has 20 heavy (non-hydrogen) atoms. The maximum absolute atomic E-state index is 11.7. The number of anilines is 1. The molecule has 1 aromatic rings. The third-order valence-electron chi connectivity index (χ3n) is 2.38. The molecule has 0 amide bonds. The van der Waals surface area contributed by atoms with Crippen LogP contribution in [0.1, 0.15) is 13.8 Å². The average Bonchev–Trinajstić information content (AvgIpc) is 2.37. The summed E-state index contributed by atoms with van der Waals surface area (Å²) in [5, 5.41) is 0. The van der Waals surface area contributed by atoms with Crippen LogP contribution in [0.25, 0.3) is 0 Å². The number of hydrogen-bond acceptors (Lipinski definition) is 5. The Bertz CT molecular complexity index is 487. The molecular weight excluding hydrogens is 296 g/mol. The SMILES string of the molecule is CC(C)OCCNS(=O)(=O)CCSc1ccc(N)cc1. The highest BCUT2D eigenvalue weighted by Gasteiger charge is 2.09. The largest absolute Gasteiger partial charge is 0.399 e. The molecule has 0 aliphatic heterocycles. The van der Waals surface area contributed by atoms with Gasteiger partial charge in [0.2, 0.25) is 10.0 Å². The van der Waals surface area contributed by atoms with Crippen LogP contribution in [0.2, 0.25) is 0 Å². The van der Waals surface area contributed by atoms with E-state index in [1.807, 2.05) is 26.0 Å². The van der Waals surface area contributed by atoms with Crippen LogP contribution in [0.3, 0.4) is 0 Å².